The number of nitrogens with zero attached hydrogens (tertiary/aromatic N) is 2. The van der Waals surface area contributed by atoms with Crippen molar-refractivity contribution in [2.24, 2.45) is 17.8 Å². The molecule has 1 amide bonds. The molecule has 0 spiro atoms. The number of piperidine rings is 1. The molecule has 3 heterocycles. The fourth-order valence-electron chi connectivity index (χ4n) is 5.48. The van der Waals surface area contributed by atoms with Crippen molar-refractivity contribution in [3.63, 3.8) is 0 Å². The minimum Gasteiger partial charge on any atom is -0.447 e. The third kappa shape index (κ3) is 3.57. The lowest BCUT2D eigenvalue weighted by Gasteiger charge is -2.46. The van der Waals surface area contributed by atoms with E-state index in [2.05, 4.69) is 60.5 Å². The Morgan fingerprint density at radius 2 is 2.03 bits per heavy atom. The Labute approximate surface area is 172 Å². The number of benzene rings is 1. The van der Waals surface area contributed by atoms with Crippen molar-refractivity contribution >= 4 is 12.2 Å². The van der Waals surface area contributed by atoms with Crippen LogP contribution >= 0.6 is 0 Å². The summed E-state index contributed by atoms with van der Waals surface area (Å²) in [6.45, 7) is 3.51. The first-order valence-corrected chi connectivity index (χ1v) is 10.8. The van der Waals surface area contributed by atoms with E-state index in [-0.39, 0.29) is 12.1 Å². The van der Waals surface area contributed by atoms with E-state index in [1.807, 2.05) is 11.1 Å². The molecule has 1 aliphatic carbocycles. The number of rotatable bonds is 3. The number of hydrogen-bond acceptors (Lipinski definition) is 3. The Balaban J connectivity index is 1.37. The standard InChI is InChI=1S/C25H28N2O2/c1-17-5-4-7-18(13-17)19-9-10-21(26-14-19)11-12-23-22-8-3-2-6-20(22)15-27-24(23)16-29-25(27)28/h4-5,7,9-14,20,22-24H,2-3,6,8,15-16H2,1H3/b12-11+/t20?,22?,23?,24-/m1/s1. The van der Waals surface area contributed by atoms with Gasteiger partial charge < -0.3 is 9.64 Å². The molecule has 3 aliphatic rings. The number of fused-ring (bicyclic) bond motifs is 2. The van der Waals surface area contributed by atoms with Crippen LogP contribution in [0.1, 0.15) is 36.9 Å². The third-order valence-electron chi connectivity index (χ3n) is 6.98. The number of cyclic esters (lactones) is 1. The summed E-state index contributed by atoms with van der Waals surface area (Å²) in [6, 6.07) is 12.9. The van der Waals surface area contributed by atoms with Gasteiger partial charge in [-0.15, -0.1) is 0 Å². The Hall–Kier alpha value is -2.62. The topological polar surface area (TPSA) is 42.4 Å². The van der Waals surface area contributed by atoms with Crippen LogP contribution in [-0.2, 0) is 4.74 Å². The first kappa shape index (κ1) is 18.4. The lowest BCUT2D eigenvalue weighted by atomic mass is 9.67. The van der Waals surface area contributed by atoms with Crippen LogP contribution in [0.3, 0.4) is 0 Å². The predicted octanol–water partition coefficient (Wildman–Crippen LogP) is 5.33. The highest BCUT2D eigenvalue weighted by Crippen LogP contribution is 2.44. The van der Waals surface area contributed by atoms with Crippen molar-refractivity contribution in [1.29, 1.82) is 0 Å². The summed E-state index contributed by atoms with van der Waals surface area (Å²) in [5, 5.41) is 0. The second-order valence-electron chi connectivity index (χ2n) is 8.78. The van der Waals surface area contributed by atoms with E-state index in [1.165, 1.54) is 36.8 Å². The maximum absolute atomic E-state index is 12.2. The summed E-state index contributed by atoms with van der Waals surface area (Å²) in [5.74, 6) is 1.62. The van der Waals surface area contributed by atoms with E-state index < -0.39 is 0 Å². The molecular formula is C25H28N2O2. The molecule has 150 valence electrons. The van der Waals surface area contributed by atoms with Gasteiger partial charge in [0.25, 0.3) is 0 Å². The molecule has 1 aromatic heterocycles. The van der Waals surface area contributed by atoms with Crippen LogP contribution < -0.4 is 0 Å². The van der Waals surface area contributed by atoms with Gasteiger partial charge in [0.2, 0.25) is 0 Å². The van der Waals surface area contributed by atoms with E-state index in [0.29, 0.717) is 24.4 Å². The summed E-state index contributed by atoms with van der Waals surface area (Å²) in [7, 11) is 0. The molecule has 3 unspecified atom stereocenters. The highest BCUT2D eigenvalue weighted by molar-refractivity contribution is 5.70. The fraction of sp³-hybridized carbons (Fsp3) is 0.440. The van der Waals surface area contributed by atoms with Gasteiger partial charge in [-0.25, -0.2) is 4.79 Å². The fourth-order valence-corrected chi connectivity index (χ4v) is 5.48. The number of pyridine rings is 1. The molecule has 2 saturated heterocycles. The number of hydrogen-bond donors (Lipinski definition) is 0. The number of aromatic nitrogens is 1. The van der Waals surface area contributed by atoms with Gasteiger partial charge in [-0.3, -0.25) is 4.98 Å². The number of amides is 1. The van der Waals surface area contributed by atoms with Gasteiger partial charge in [0.1, 0.15) is 6.61 Å². The zero-order valence-corrected chi connectivity index (χ0v) is 17.0. The molecule has 4 heteroatoms. The number of ether oxygens (including phenoxy) is 1. The third-order valence-corrected chi connectivity index (χ3v) is 6.98. The first-order chi connectivity index (χ1) is 14.2. The molecule has 1 saturated carbocycles. The average Bonchev–Trinajstić information content (AvgIpc) is 3.12. The minimum atomic E-state index is -0.127. The first-order valence-electron chi connectivity index (χ1n) is 10.8. The van der Waals surface area contributed by atoms with Crippen molar-refractivity contribution in [2.75, 3.05) is 13.2 Å². The van der Waals surface area contributed by atoms with Crippen molar-refractivity contribution in [2.45, 2.75) is 38.6 Å². The van der Waals surface area contributed by atoms with Gasteiger partial charge in [0.15, 0.2) is 0 Å². The van der Waals surface area contributed by atoms with Crippen molar-refractivity contribution in [3.8, 4) is 11.1 Å². The van der Waals surface area contributed by atoms with Crippen LogP contribution in [-0.4, -0.2) is 35.2 Å². The highest BCUT2D eigenvalue weighted by atomic mass is 16.6. The Morgan fingerprint density at radius 1 is 1.14 bits per heavy atom. The molecular weight excluding hydrogens is 360 g/mol. The van der Waals surface area contributed by atoms with E-state index >= 15 is 0 Å². The second-order valence-corrected chi connectivity index (χ2v) is 8.78. The van der Waals surface area contributed by atoms with Crippen LogP contribution in [0.5, 0.6) is 0 Å². The Bertz CT molecular complexity index is 921. The summed E-state index contributed by atoms with van der Waals surface area (Å²) in [6.07, 6.45) is 11.3. The molecule has 2 aromatic rings. The SMILES string of the molecule is Cc1cccc(-c2ccc(/C=C/C3C4CCCCC4CN4C(=O)OC[C@H]34)nc2)c1. The van der Waals surface area contributed by atoms with Crippen LogP contribution in [0, 0.1) is 24.7 Å². The maximum Gasteiger partial charge on any atom is 0.410 e. The Morgan fingerprint density at radius 3 is 2.86 bits per heavy atom. The van der Waals surface area contributed by atoms with Crippen molar-refractivity contribution in [3.05, 3.63) is 59.9 Å². The zero-order chi connectivity index (χ0) is 19.8. The molecule has 3 fully saturated rings. The van der Waals surface area contributed by atoms with Gasteiger partial charge in [-0.1, -0.05) is 54.8 Å². The Kier molecular flexibility index (Phi) is 4.86. The molecule has 0 N–H and O–H groups in total. The summed E-state index contributed by atoms with van der Waals surface area (Å²) < 4.78 is 5.40. The van der Waals surface area contributed by atoms with Gasteiger partial charge >= 0.3 is 6.09 Å². The van der Waals surface area contributed by atoms with Crippen molar-refractivity contribution in [1.82, 2.24) is 9.88 Å². The molecule has 4 nitrogen and oxygen atoms in total. The molecule has 0 radical (unpaired) electrons. The lowest BCUT2D eigenvalue weighted by Crippen LogP contribution is -2.52. The van der Waals surface area contributed by atoms with E-state index in [1.54, 1.807) is 0 Å². The highest BCUT2D eigenvalue weighted by Gasteiger charge is 2.48. The van der Waals surface area contributed by atoms with Crippen LogP contribution in [0.15, 0.2) is 48.7 Å². The minimum absolute atomic E-state index is 0.127. The summed E-state index contributed by atoms with van der Waals surface area (Å²) >= 11 is 0. The van der Waals surface area contributed by atoms with Crippen LogP contribution in [0.25, 0.3) is 17.2 Å². The van der Waals surface area contributed by atoms with Crippen LogP contribution in [0.4, 0.5) is 4.79 Å². The van der Waals surface area contributed by atoms with E-state index in [9.17, 15) is 4.79 Å². The summed E-state index contributed by atoms with van der Waals surface area (Å²) in [5.41, 5.74) is 4.55. The molecule has 2 aliphatic heterocycles. The van der Waals surface area contributed by atoms with Crippen molar-refractivity contribution < 1.29 is 9.53 Å². The lowest BCUT2D eigenvalue weighted by molar-refractivity contribution is 0.0472. The molecule has 4 atom stereocenters. The molecule has 5 rings (SSSR count). The monoisotopic (exact) mass is 388 g/mol. The predicted molar refractivity (Wildman–Crippen MR) is 114 cm³/mol. The van der Waals surface area contributed by atoms with Gasteiger partial charge in [0, 0.05) is 24.2 Å². The number of carbonyl (C=O) groups is 1. The molecule has 29 heavy (non-hydrogen) atoms. The molecule has 1 aromatic carbocycles. The van der Waals surface area contributed by atoms with Gasteiger partial charge in [-0.05, 0) is 49.3 Å². The average molecular weight is 389 g/mol. The normalized spacial score (nSPS) is 28.9. The van der Waals surface area contributed by atoms with E-state index in [0.717, 1.165) is 17.8 Å². The van der Waals surface area contributed by atoms with Gasteiger partial charge in [-0.2, -0.15) is 0 Å². The summed E-state index contributed by atoms with van der Waals surface area (Å²) in [4.78, 5) is 18.8. The number of carbonyl (C=O) groups excluding carboxylic acids is 1. The maximum atomic E-state index is 12.2. The largest absolute Gasteiger partial charge is 0.447 e. The number of aryl methyl sites for hydroxylation is 1. The molecule has 0 bridgehead atoms. The second kappa shape index (κ2) is 7.66. The quantitative estimate of drug-likeness (QED) is 0.714. The van der Waals surface area contributed by atoms with Gasteiger partial charge in [0.05, 0.1) is 11.7 Å². The van der Waals surface area contributed by atoms with Crippen LogP contribution in [0.2, 0.25) is 0 Å². The zero-order valence-electron chi connectivity index (χ0n) is 17.0. The van der Waals surface area contributed by atoms with E-state index in [4.69, 9.17) is 4.74 Å². The smallest absolute Gasteiger partial charge is 0.410 e.